The highest BCUT2D eigenvalue weighted by Crippen LogP contribution is 2.32. The molecule has 0 fully saturated rings. The number of rotatable bonds is 4. The number of benzene rings is 1. The molecule has 0 bridgehead atoms. The molecule has 2 nitrogen and oxygen atoms in total. The van der Waals surface area contributed by atoms with Crippen LogP contribution in [0.2, 0.25) is 0 Å². The van der Waals surface area contributed by atoms with Crippen molar-refractivity contribution < 1.29 is 4.74 Å². The van der Waals surface area contributed by atoms with Crippen LogP contribution in [0.25, 0.3) is 0 Å². The van der Waals surface area contributed by atoms with Crippen LogP contribution in [0.3, 0.4) is 0 Å². The third kappa shape index (κ3) is 3.36. The molecule has 0 spiro atoms. The van der Waals surface area contributed by atoms with Crippen molar-refractivity contribution in [2.24, 2.45) is 0 Å². The zero-order valence-corrected chi connectivity index (χ0v) is 14.1. The molecule has 1 heterocycles. The van der Waals surface area contributed by atoms with Crippen molar-refractivity contribution in [2.75, 3.05) is 7.11 Å². The Bertz CT molecular complexity index is 584. The first-order chi connectivity index (χ1) is 9.45. The van der Waals surface area contributed by atoms with E-state index in [4.69, 9.17) is 9.72 Å². The summed E-state index contributed by atoms with van der Waals surface area (Å²) in [7, 11) is 1.71. The Labute approximate surface area is 130 Å². The molecule has 0 unspecified atom stereocenters. The van der Waals surface area contributed by atoms with E-state index in [1.807, 2.05) is 18.2 Å². The monoisotopic (exact) mass is 307 g/mol. The molecule has 0 atom stereocenters. The normalized spacial score (nSPS) is 11.7. The van der Waals surface area contributed by atoms with Crippen molar-refractivity contribution in [1.29, 1.82) is 0 Å². The minimum Gasteiger partial charge on any atom is -0.496 e. The predicted octanol–water partition coefficient (Wildman–Crippen LogP) is 4.47. The summed E-state index contributed by atoms with van der Waals surface area (Å²) < 4.78 is 5.41. The molecule has 0 amide bonds. The Kier molecular flexibility index (Phi) is 4.76. The van der Waals surface area contributed by atoms with Gasteiger partial charge in [-0.15, -0.1) is 11.3 Å². The third-order valence-electron chi connectivity index (χ3n) is 3.13. The van der Waals surface area contributed by atoms with Crippen LogP contribution in [0.1, 0.15) is 41.9 Å². The number of thiazole rings is 1. The van der Waals surface area contributed by atoms with Crippen LogP contribution >= 0.6 is 24.0 Å². The third-order valence-corrected chi connectivity index (χ3v) is 4.72. The molecule has 0 N–H and O–H groups in total. The van der Waals surface area contributed by atoms with Gasteiger partial charge in [-0.1, -0.05) is 39.0 Å². The number of hydrogen-bond acceptors (Lipinski definition) is 4. The van der Waals surface area contributed by atoms with Crippen molar-refractivity contribution in [3.63, 3.8) is 0 Å². The topological polar surface area (TPSA) is 22.1 Å². The fourth-order valence-electron chi connectivity index (χ4n) is 2.18. The van der Waals surface area contributed by atoms with Crippen molar-refractivity contribution in [1.82, 2.24) is 4.98 Å². The summed E-state index contributed by atoms with van der Waals surface area (Å²) in [4.78, 5) is 6.11. The van der Waals surface area contributed by atoms with E-state index in [0.717, 1.165) is 22.9 Å². The van der Waals surface area contributed by atoms with Crippen molar-refractivity contribution in [2.45, 2.75) is 38.4 Å². The molecule has 4 heteroatoms. The maximum absolute atomic E-state index is 5.41. The molecule has 0 radical (unpaired) electrons. The zero-order valence-electron chi connectivity index (χ0n) is 12.4. The standard InChI is InChI=1S/C16H21NOS2/c1-16(2,3)15-13(10-19)20-14(17-15)9-11-7-5-6-8-12(11)18-4/h5-8,19H,9-10H2,1-4H3. The first kappa shape index (κ1) is 15.4. The van der Waals surface area contributed by atoms with E-state index in [9.17, 15) is 0 Å². The first-order valence-electron chi connectivity index (χ1n) is 6.67. The number of para-hydroxylation sites is 1. The average molecular weight is 307 g/mol. The van der Waals surface area contributed by atoms with Crippen LogP contribution in [0.15, 0.2) is 24.3 Å². The largest absolute Gasteiger partial charge is 0.496 e. The van der Waals surface area contributed by atoms with Gasteiger partial charge < -0.3 is 4.74 Å². The number of hydrogen-bond donors (Lipinski definition) is 1. The predicted molar refractivity (Wildman–Crippen MR) is 89.3 cm³/mol. The summed E-state index contributed by atoms with van der Waals surface area (Å²) in [5.41, 5.74) is 2.41. The number of ether oxygens (including phenoxy) is 1. The molecule has 0 aliphatic rings. The van der Waals surface area contributed by atoms with Gasteiger partial charge in [0.1, 0.15) is 5.75 Å². The Balaban J connectivity index is 2.33. The highest BCUT2D eigenvalue weighted by Gasteiger charge is 2.22. The molecule has 0 aliphatic heterocycles. The first-order valence-corrected chi connectivity index (χ1v) is 8.12. The van der Waals surface area contributed by atoms with Crippen LogP contribution in [0, 0.1) is 0 Å². The second-order valence-corrected chi connectivity index (χ2v) is 7.26. The van der Waals surface area contributed by atoms with Crippen LogP contribution < -0.4 is 4.74 Å². The Morgan fingerprint density at radius 3 is 2.50 bits per heavy atom. The van der Waals surface area contributed by atoms with E-state index >= 15 is 0 Å². The zero-order chi connectivity index (χ0) is 14.8. The number of aromatic nitrogens is 1. The van der Waals surface area contributed by atoms with E-state index in [1.54, 1.807) is 18.4 Å². The van der Waals surface area contributed by atoms with E-state index in [1.165, 1.54) is 16.1 Å². The van der Waals surface area contributed by atoms with Crippen molar-refractivity contribution in [3.8, 4) is 5.75 Å². The second kappa shape index (κ2) is 6.19. The summed E-state index contributed by atoms with van der Waals surface area (Å²) in [5, 5.41) is 1.13. The van der Waals surface area contributed by atoms with Gasteiger partial charge >= 0.3 is 0 Å². The molecule has 1 aromatic carbocycles. The fraction of sp³-hybridized carbons (Fsp3) is 0.438. The molecular formula is C16H21NOS2. The molecule has 2 aromatic rings. The minimum atomic E-state index is 0.0631. The lowest BCUT2D eigenvalue weighted by molar-refractivity contribution is 0.410. The molecule has 108 valence electrons. The number of nitrogens with zero attached hydrogens (tertiary/aromatic N) is 1. The maximum atomic E-state index is 5.41. The maximum Gasteiger partial charge on any atom is 0.122 e. The van der Waals surface area contributed by atoms with E-state index in [0.29, 0.717) is 0 Å². The summed E-state index contributed by atoms with van der Waals surface area (Å²) >= 11 is 6.19. The quantitative estimate of drug-likeness (QED) is 0.842. The van der Waals surface area contributed by atoms with Crippen molar-refractivity contribution >= 4 is 24.0 Å². The van der Waals surface area contributed by atoms with Crippen LogP contribution in [-0.4, -0.2) is 12.1 Å². The van der Waals surface area contributed by atoms with Gasteiger partial charge in [0.2, 0.25) is 0 Å². The summed E-state index contributed by atoms with van der Waals surface area (Å²) in [6.45, 7) is 6.59. The number of thiol groups is 1. The van der Waals surface area contributed by atoms with Gasteiger partial charge in [0, 0.05) is 28.0 Å². The molecule has 0 aliphatic carbocycles. The average Bonchev–Trinajstić information content (AvgIpc) is 2.82. The second-order valence-electron chi connectivity index (χ2n) is 5.78. The Hall–Kier alpha value is -1.000. The Morgan fingerprint density at radius 2 is 1.95 bits per heavy atom. The lowest BCUT2D eigenvalue weighted by atomic mass is 9.91. The fourth-order valence-corrected chi connectivity index (χ4v) is 3.69. The van der Waals surface area contributed by atoms with Gasteiger partial charge in [-0.2, -0.15) is 12.6 Å². The molecule has 2 rings (SSSR count). The van der Waals surface area contributed by atoms with Crippen LogP contribution in [-0.2, 0) is 17.6 Å². The van der Waals surface area contributed by atoms with Crippen LogP contribution in [0.5, 0.6) is 5.75 Å². The summed E-state index contributed by atoms with van der Waals surface area (Å²) in [6.07, 6.45) is 0.811. The summed E-state index contributed by atoms with van der Waals surface area (Å²) in [5.74, 6) is 1.67. The van der Waals surface area contributed by atoms with Crippen LogP contribution in [0.4, 0.5) is 0 Å². The molecule has 0 saturated heterocycles. The molecule has 20 heavy (non-hydrogen) atoms. The highest BCUT2D eigenvalue weighted by molar-refractivity contribution is 7.79. The smallest absolute Gasteiger partial charge is 0.122 e. The minimum absolute atomic E-state index is 0.0631. The SMILES string of the molecule is COc1ccccc1Cc1nc(C(C)(C)C)c(CS)s1. The van der Waals surface area contributed by atoms with Gasteiger partial charge in [-0.25, -0.2) is 4.98 Å². The van der Waals surface area contributed by atoms with Gasteiger partial charge in [-0.05, 0) is 6.07 Å². The van der Waals surface area contributed by atoms with E-state index < -0.39 is 0 Å². The van der Waals surface area contributed by atoms with Gasteiger partial charge in [0.05, 0.1) is 17.8 Å². The van der Waals surface area contributed by atoms with Gasteiger partial charge in [0.15, 0.2) is 0 Å². The van der Waals surface area contributed by atoms with E-state index in [2.05, 4.69) is 39.5 Å². The number of methoxy groups -OCH3 is 1. The lowest BCUT2D eigenvalue weighted by Crippen LogP contribution is -2.13. The van der Waals surface area contributed by atoms with Gasteiger partial charge in [0.25, 0.3) is 0 Å². The van der Waals surface area contributed by atoms with Crippen molar-refractivity contribution in [3.05, 3.63) is 45.4 Å². The van der Waals surface area contributed by atoms with E-state index in [-0.39, 0.29) is 5.41 Å². The lowest BCUT2D eigenvalue weighted by Gasteiger charge is -2.16. The summed E-state index contributed by atoms with van der Waals surface area (Å²) in [6, 6.07) is 8.12. The molecule has 1 aromatic heterocycles. The van der Waals surface area contributed by atoms with Gasteiger partial charge in [-0.3, -0.25) is 0 Å². The molecule has 0 saturated carbocycles. The molecular weight excluding hydrogens is 286 g/mol. The highest BCUT2D eigenvalue weighted by atomic mass is 32.1. The Morgan fingerprint density at radius 1 is 1.25 bits per heavy atom.